The van der Waals surface area contributed by atoms with Crippen molar-refractivity contribution in [2.75, 3.05) is 13.2 Å². The Morgan fingerprint density at radius 3 is 3.19 bits per heavy atom. The van der Waals surface area contributed by atoms with Gasteiger partial charge in [-0.2, -0.15) is 0 Å². The number of thiophene rings is 1. The van der Waals surface area contributed by atoms with Gasteiger partial charge in [-0.3, -0.25) is 4.79 Å². The van der Waals surface area contributed by atoms with Gasteiger partial charge in [0, 0.05) is 19.7 Å². The predicted molar refractivity (Wildman–Crippen MR) is 85.9 cm³/mol. The molecule has 0 spiro atoms. The highest BCUT2D eigenvalue weighted by Gasteiger charge is 2.19. The molecule has 1 aliphatic rings. The molecule has 0 unspecified atom stereocenters. The lowest BCUT2D eigenvalue weighted by atomic mass is 10.2. The molecule has 0 saturated carbocycles. The lowest BCUT2D eigenvalue weighted by molar-refractivity contribution is 0.0851. The first kappa shape index (κ1) is 14.4. The molecule has 5 heteroatoms. The number of nitrogens with zero attached hydrogens (tertiary/aromatic N) is 1. The van der Waals surface area contributed by atoms with Crippen LogP contribution in [0.2, 0.25) is 0 Å². The Kier molecular flexibility index (Phi) is 4.12. The van der Waals surface area contributed by atoms with Crippen LogP contribution in [0, 0.1) is 0 Å². The lowest BCUT2D eigenvalue weighted by Gasteiger charge is -2.13. The molecule has 21 heavy (non-hydrogen) atoms. The summed E-state index contributed by atoms with van der Waals surface area (Å²) in [5, 5.41) is 5.04. The maximum atomic E-state index is 12.5. The van der Waals surface area contributed by atoms with E-state index < -0.39 is 0 Å². The molecule has 1 aliphatic heterocycles. The molecule has 0 bridgehead atoms. The SMILES string of the molecule is C=C(C)Cn1c(C(=O)NC[C@H]2CCCO2)cc2sccc21. The molecule has 4 nitrogen and oxygen atoms in total. The molecule has 0 aliphatic carbocycles. The largest absolute Gasteiger partial charge is 0.376 e. The van der Waals surface area contributed by atoms with Crippen LogP contribution in [0.15, 0.2) is 29.7 Å². The van der Waals surface area contributed by atoms with E-state index in [1.165, 1.54) is 0 Å². The Morgan fingerprint density at radius 1 is 1.62 bits per heavy atom. The average Bonchev–Trinajstić information content (AvgIpc) is 3.13. The van der Waals surface area contributed by atoms with Gasteiger partial charge in [0.15, 0.2) is 0 Å². The third-order valence-corrected chi connectivity index (χ3v) is 4.55. The number of nitrogens with one attached hydrogen (secondary N) is 1. The summed E-state index contributed by atoms with van der Waals surface area (Å²) in [5.41, 5.74) is 2.84. The van der Waals surface area contributed by atoms with E-state index in [4.69, 9.17) is 4.74 Å². The maximum Gasteiger partial charge on any atom is 0.268 e. The summed E-state index contributed by atoms with van der Waals surface area (Å²) in [6.45, 7) is 8.01. The summed E-state index contributed by atoms with van der Waals surface area (Å²) in [6, 6.07) is 4.02. The van der Waals surface area contributed by atoms with Crippen LogP contribution in [0.25, 0.3) is 10.2 Å². The highest BCUT2D eigenvalue weighted by atomic mass is 32.1. The van der Waals surface area contributed by atoms with Crippen molar-refractivity contribution in [2.45, 2.75) is 32.4 Å². The lowest BCUT2D eigenvalue weighted by Crippen LogP contribution is -2.33. The molecular weight excluding hydrogens is 284 g/mol. The van der Waals surface area contributed by atoms with E-state index in [1.807, 2.05) is 22.9 Å². The van der Waals surface area contributed by atoms with Crippen LogP contribution in [-0.2, 0) is 11.3 Å². The van der Waals surface area contributed by atoms with Crippen LogP contribution in [0.3, 0.4) is 0 Å². The van der Waals surface area contributed by atoms with Crippen molar-refractivity contribution in [3.8, 4) is 0 Å². The smallest absolute Gasteiger partial charge is 0.268 e. The molecular formula is C16H20N2O2S. The summed E-state index contributed by atoms with van der Waals surface area (Å²) < 4.78 is 8.72. The molecule has 0 radical (unpaired) electrons. The number of fused-ring (bicyclic) bond motifs is 1. The number of allylic oxidation sites excluding steroid dienone is 1. The average molecular weight is 304 g/mol. The molecule has 1 amide bonds. The van der Waals surface area contributed by atoms with Gasteiger partial charge in [-0.1, -0.05) is 12.2 Å². The van der Waals surface area contributed by atoms with Gasteiger partial charge >= 0.3 is 0 Å². The first-order valence-corrected chi connectivity index (χ1v) is 8.14. The topological polar surface area (TPSA) is 43.3 Å². The van der Waals surface area contributed by atoms with Crippen molar-refractivity contribution in [1.82, 2.24) is 9.88 Å². The quantitative estimate of drug-likeness (QED) is 0.862. The van der Waals surface area contributed by atoms with Gasteiger partial charge in [0.1, 0.15) is 5.69 Å². The maximum absolute atomic E-state index is 12.5. The van der Waals surface area contributed by atoms with Crippen molar-refractivity contribution < 1.29 is 9.53 Å². The van der Waals surface area contributed by atoms with Gasteiger partial charge in [-0.05, 0) is 37.3 Å². The predicted octanol–water partition coefficient (Wildman–Crippen LogP) is 3.19. The van der Waals surface area contributed by atoms with Gasteiger partial charge in [0.2, 0.25) is 0 Å². The summed E-state index contributed by atoms with van der Waals surface area (Å²) in [5.74, 6) is -0.0323. The molecule has 1 atom stereocenters. The zero-order valence-electron chi connectivity index (χ0n) is 12.2. The first-order chi connectivity index (χ1) is 10.1. The van der Waals surface area contributed by atoms with Gasteiger partial charge in [0.05, 0.1) is 16.3 Å². The van der Waals surface area contributed by atoms with E-state index in [0.29, 0.717) is 18.8 Å². The standard InChI is InChI=1S/C16H20N2O2S/c1-11(2)10-18-13-5-7-21-15(13)8-14(18)16(19)17-9-12-4-3-6-20-12/h5,7-8,12H,1,3-4,6,9-10H2,2H3,(H,17,19)/t12-/m1/s1. The van der Waals surface area contributed by atoms with Gasteiger partial charge < -0.3 is 14.6 Å². The number of carbonyl (C=O) groups is 1. The molecule has 1 fully saturated rings. The highest BCUT2D eigenvalue weighted by Crippen LogP contribution is 2.26. The number of carbonyl (C=O) groups excluding carboxylic acids is 1. The number of hydrogen-bond acceptors (Lipinski definition) is 3. The molecule has 3 heterocycles. The van der Waals surface area contributed by atoms with Gasteiger partial charge in [-0.25, -0.2) is 0 Å². The van der Waals surface area contributed by atoms with Crippen LogP contribution >= 0.6 is 11.3 Å². The first-order valence-electron chi connectivity index (χ1n) is 7.26. The molecule has 1 saturated heterocycles. The minimum atomic E-state index is -0.0323. The Bertz CT molecular complexity index is 665. The van der Waals surface area contributed by atoms with Crippen molar-refractivity contribution in [3.05, 3.63) is 35.4 Å². The Labute approximate surface area is 128 Å². The van der Waals surface area contributed by atoms with Crippen LogP contribution in [-0.4, -0.2) is 29.7 Å². The Morgan fingerprint density at radius 2 is 2.48 bits per heavy atom. The molecule has 3 rings (SSSR count). The van der Waals surface area contributed by atoms with E-state index in [2.05, 4.69) is 18.0 Å². The van der Waals surface area contributed by atoms with Gasteiger partial charge in [0.25, 0.3) is 5.91 Å². The Balaban J connectivity index is 1.79. The second-order valence-electron chi connectivity index (χ2n) is 5.59. The van der Waals surface area contributed by atoms with Crippen LogP contribution in [0.4, 0.5) is 0 Å². The van der Waals surface area contributed by atoms with E-state index in [-0.39, 0.29) is 12.0 Å². The summed E-state index contributed by atoms with van der Waals surface area (Å²) in [4.78, 5) is 12.5. The monoisotopic (exact) mass is 304 g/mol. The van der Waals surface area contributed by atoms with E-state index in [0.717, 1.165) is 35.2 Å². The molecule has 0 aromatic carbocycles. The third kappa shape index (κ3) is 3.04. The third-order valence-electron chi connectivity index (χ3n) is 3.70. The van der Waals surface area contributed by atoms with Crippen molar-refractivity contribution >= 4 is 27.5 Å². The molecule has 1 N–H and O–H groups in total. The number of amides is 1. The van der Waals surface area contributed by atoms with Crippen molar-refractivity contribution in [2.24, 2.45) is 0 Å². The summed E-state index contributed by atoms with van der Waals surface area (Å²) in [6.07, 6.45) is 2.28. The van der Waals surface area contributed by atoms with E-state index in [9.17, 15) is 4.79 Å². The fourth-order valence-corrected chi connectivity index (χ4v) is 3.53. The van der Waals surface area contributed by atoms with Crippen LogP contribution < -0.4 is 5.32 Å². The summed E-state index contributed by atoms with van der Waals surface area (Å²) >= 11 is 1.66. The fraction of sp³-hybridized carbons (Fsp3) is 0.438. The van der Waals surface area contributed by atoms with Crippen LogP contribution in [0.1, 0.15) is 30.3 Å². The molecule has 2 aromatic rings. The second kappa shape index (κ2) is 6.03. The zero-order chi connectivity index (χ0) is 14.8. The van der Waals surface area contributed by atoms with Crippen molar-refractivity contribution in [1.29, 1.82) is 0 Å². The summed E-state index contributed by atoms with van der Waals surface area (Å²) in [7, 11) is 0. The molecule has 112 valence electrons. The van der Waals surface area contributed by atoms with E-state index in [1.54, 1.807) is 11.3 Å². The number of ether oxygens (including phenoxy) is 1. The normalized spacial score (nSPS) is 18.2. The fourth-order valence-electron chi connectivity index (χ4n) is 2.71. The van der Waals surface area contributed by atoms with E-state index >= 15 is 0 Å². The van der Waals surface area contributed by atoms with Crippen LogP contribution in [0.5, 0.6) is 0 Å². The minimum Gasteiger partial charge on any atom is -0.376 e. The van der Waals surface area contributed by atoms with Gasteiger partial charge in [-0.15, -0.1) is 11.3 Å². The van der Waals surface area contributed by atoms with Crippen molar-refractivity contribution in [3.63, 3.8) is 0 Å². The number of aromatic nitrogens is 1. The number of hydrogen-bond donors (Lipinski definition) is 1. The zero-order valence-corrected chi connectivity index (χ0v) is 13.0. The minimum absolute atomic E-state index is 0.0323. The molecule has 2 aromatic heterocycles. The Hall–Kier alpha value is -1.59. The number of rotatable bonds is 5. The second-order valence-corrected chi connectivity index (χ2v) is 6.54. The highest BCUT2D eigenvalue weighted by molar-refractivity contribution is 7.17.